The number of hydrogen-bond donors (Lipinski definition) is 1. The summed E-state index contributed by atoms with van der Waals surface area (Å²) < 4.78 is 25.2. The van der Waals surface area contributed by atoms with Gasteiger partial charge in [0, 0.05) is 29.6 Å². The molecular formula is C24H30ClFN2O3. The predicted octanol–water partition coefficient (Wildman–Crippen LogP) is 4.80. The van der Waals surface area contributed by atoms with Crippen molar-refractivity contribution in [3.05, 3.63) is 58.4 Å². The van der Waals surface area contributed by atoms with Crippen LogP contribution in [0.25, 0.3) is 0 Å². The lowest BCUT2D eigenvalue weighted by Crippen LogP contribution is -2.40. The van der Waals surface area contributed by atoms with Gasteiger partial charge < -0.3 is 14.8 Å². The van der Waals surface area contributed by atoms with Gasteiger partial charge in [0.1, 0.15) is 5.82 Å². The van der Waals surface area contributed by atoms with Gasteiger partial charge in [-0.15, -0.1) is 0 Å². The van der Waals surface area contributed by atoms with Crippen LogP contribution < -0.4 is 14.8 Å². The zero-order valence-corrected chi connectivity index (χ0v) is 19.0. The van der Waals surface area contributed by atoms with Crippen LogP contribution in [-0.4, -0.2) is 37.1 Å². The van der Waals surface area contributed by atoms with E-state index < -0.39 is 0 Å². The summed E-state index contributed by atoms with van der Waals surface area (Å²) in [4.78, 5) is 14.8. The SMILES string of the molecule is COc1cc(CNC(=O)C2CCN(Cc3ccc(Cl)cc3F)CC2)ccc1OC(C)C. The summed E-state index contributed by atoms with van der Waals surface area (Å²) in [7, 11) is 1.61. The molecule has 0 bridgehead atoms. The number of methoxy groups -OCH3 is 1. The molecule has 0 radical (unpaired) electrons. The van der Waals surface area contributed by atoms with Crippen LogP contribution in [0, 0.1) is 11.7 Å². The highest BCUT2D eigenvalue weighted by Crippen LogP contribution is 2.29. The first kappa shape index (κ1) is 23.4. The molecule has 168 valence electrons. The van der Waals surface area contributed by atoms with Gasteiger partial charge in [0.25, 0.3) is 0 Å². The van der Waals surface area contributed by atoms with E-state index in [1.807, 2.05) is 32.0 Å². The minimum Gasteiger partial charge on any atom is -0.493 e. The molecule has 0 unspecified atom stereocenters. The topological polar surface area (TPSA) is 50.8 Å². The van der Waals surface area contributed by atoms with Gasteiger partial charge in [-0.3, -0.25) is 9.69 Å². The summed E-state index contributed by atoms with van der Waals surface area (Å²) in [6.45, 7) is 6.41. The number of nitrogens with zero attached hydrogens (tertiary/aromatic N) is 1. The molecule has 1 amide bonds. The van der Waals surface area contributed by atoms with Crippen LogP contribution in [0.15, 0.2) is 36.4 Å². The summed E-state index contributed by atoms with van der Waals surface area (Å²) in [6.07, 6.45) is 1.57. The molecule has 1 aliphatic heterocycles. The van der Waals surface area contributed by atoms with Crippen molar-refractivity contribution in [1.29, 1.82) is 0 Å². The minimum atomic E-state index is -0.285. The van der Waals surface area contributed by atoms with E-state index in [0.29, 0.717) is 35.2 Å². The number of piperidine rings is 1. The van der Waals surface area contributed by atoms with E-state index in [-0.39, 0.29) is 23.7 Å². The molecule has 0 atom stereocenters. The van der Waals surface area contributed by atoms with E-state index in [2.05, 4.69) is 10.2 Å². The summed E-state index contributed by atoms with van der Waals surface area (Å²) in [5, 5.41) is 3.43. The fourth-order valence-corrected chi connectivity index (χ4v) is 3.91. The number of halogens is 2. The van der Waals surface area contributed by atoms with Crippen molar-refractivity contribution in [3.63, 3.8) is 0 Å². The Kier molecular flexibility index (Phi) is 8.15. The van der Waals surface area contributed by atoms with Gasteiger partial charge in [0.15, 0.2) is 11.5 Å². The summed E-state index contributed by atoms with van der Waals surface area (Å²) in [5.41, 5.74) is 1.59. The van der Waals surface area contributed by atoms with Gasteiger partial charge >= 0.3 is 0 Å². The highest BCUT2D eigenvalue weighted by atomic mass is 35.5. The first-order valence-electron chi connectivity index (χ1n) is 10.6. The maximum atomic E-state index is 14.0. The lowest BCUT2D eigenvalue weighted by Gasteiger charge is -2.31. The third kappa shape index (κ3) is 6.58. The molecule has 3 rings (SSSR count). The average Bonchev–Trinajstić information content (AvgIpc) is 2.75. The Morgan fingerprint density at radius 2 is 1.94 bits per heavy atom. The van der Waals surface area contributed by atoms with Crippen LogP contribution in [0.3, 0.4) is 0 Å². The van der Waals surface area contributed by atoms with Gasteiger partial charge in [-0.1, -0.05) is 23.7 Å². The summed E-state index contributed by atoms with van der Waals surface area (Å²) in [6, 6.07) is 10.5. The van der Waals surface area contributed by atoms with Crippen molar-refractivity contribution in [2.45, 2.75) is 45.9 Å². The van der Waals surface area contributed by atoms with Crippen molar-refractivity contribution in [1.82, 2.24) is 10.2 Å². The van der Waals surface area contributed by atoms with Crippen molar-refractivity contribution >= 4 is 17.5 Å². The largest absolute Gasteiger partial charge is 0.493 e. The van der Waals surface area contributed by atoms with Gasteiger partial charge in [-0.05, 0) is 69.6 Å². The number of likely N-dealkylation sites (tertiary alicyclic amines) is 1. The van der Waals surface area contributed by atoms with E-state index >= 15 is 0 Å². The molecule has 0 saturated carbocycles. The molecule has 0 spiro atoms. The maximum Gasteiger partial charge on any atom is 0.223 e. The molecular weight excluding hydrogens is 419 g/mol. The highest BCUT2D eigenvalue weighted by molar-refractivity contribution is 6.30. The first-order chi connectivity index (χ1) is 14.9. The van der Waals surface area contributed by atoms with E-state index in [9.17, 15) is 9.18 Å². The maximum absolute atomic E-state index is 14.0. The van der Waals surface area contributed by atoms with Crippen molar-refractivity contribution in [3.8, 4) is 11.5 Å². The number of carbonyl (C=O) groups is 1. The standard InChI is InChI=1S/C24H30ClFN2O3/c1-16(2)31-22-7-4-17(12-23(22)30-3)14-27-24(29)18-8-10-28(11-9-18)15-19-5-6-20(25)13-21(19)26/h4-7,12-13,16,18H,8-11,14-15H2,1-3H3,(H,27,29). The van der Waals surface area contributed by atoms with Gasteiger partial charge in [-0.2, -0.15) is 0 Å². The number of carbonyl (C=O) groups excluding carboxylic acids is 1. The molecule has 7 heteroatoms. The second-order valence-corrected chi connectivity index (χ2v) is 8.59. The number of nitrogens with one attached hydrogen (secondary N) is 1. The zero-order valence-electron chi connectivity index (χ0n) is 18.3. The Labute approximate surface area is 188 Å². The van der Waals surface area contributed by atoms with Crippen molar-refractivity contribution in [2.24, 2.45) is 5.92 Å². The fourth-order valence-electron chi connectivity index (χ4n) is 3.75. The minimum absolute atomic E-state index is 0.0308. The van der Waals surface area contributed by atoms with Crippen molar-refractivity contribution in [2.75, 3.05) is 20.2 Å². The zero-order chi connectivity index (χ0) is 22.4. The monoisotopic (exact) mass is 448 g/mol. The van der Waals surface area contributed by atoms with Crippen LogP contribution in [0.1, 0.15) is 37.8 Å². The molecule has 2 aromatic rings. The Hall–Kier alpha value is -2.31. The Bertz CT molecular complexity index is 898. The molecule has 1 heterocycles. The van der Waals surface area contributed by atoms with Crippen LogP contribution >= 0.6 is 11.6 Å². The molecule has 1 N–H and O–H groups in total. The van der Waals surface area contributed by atoms with Gasteiger partial charge in [0.2, 0.25) is 5.91 Å². The second kappa shape index (κ2) is 10.8. The Morgan fingerprint density at radius 3 is 2.58 bits per heavy atom. The van der Waals surface area contributed by atoms with Crippen LogP contribution in [0.2, 0.25) is 5.02 Å². The van der Waals surface area contributed by atoms with E-state index in [1.54, 1.807) is 19.2 Å². The smallest absolute Gasteiger partial charge is 0.223 e. The van der Waals surface area contributed by atoms with E-state index in [4.69, 9.17) is 21.1 Å². The molecule has 0 aliphatic carbocycles. The second-order valence-electron chi connectivity index (χ2n) is 8.16. The summed E-state index contributed by atoms with van der Waals surface area (Å²) in [5.74, 6) is 1.09. The summed E-state index contributed by atoms with van der Waals surface area (Å²) >= 11 is 5.82. The fraction of sp³-hybridized carbons (Fsp3) is 0.458. The first-order valence-corrected chi connectivity index (χ1v) is 11.0. The van der Waals surface area contributed by atoms with Crippen LogP contribution in [0.4, 0.5) is 4.39 Å². The number of benzene rings is 2. The third-order valence-electron chi connectivity index (χ3n) is 5.42. The normalized spacial score (nSPS) is 15.2. The van der Waals surface area contributed by atoms with Gasteiger partial charge in [-0.25, -0.2) is 4.39 Å². The average molecular weight is 449 g/mol. The van der Waals surface area contributed by atoms with Crippen LogP contribution in [-0.2, 0) is 17.9 Å². The molecule has 2 aromatic carbocycles. The Morgan fingerprint density at radius 1 is 1.19 bits per heavy atom. The quantitative estimate of drug-likeness (QED) is 0.630. The number of rotatable bonds is 8. The number of hydrogen-bond acceptors (Lipinski definition) is 4. The number of amides is 1. The van der Waals surface area contributed by atoms with E-state index in [0.717, 1.165) is 31.5 Å². The number of ether oxygens (including phenoxy) is 2. The lowest BCUT2D eigenvalue weighted by molar-refractivity contribution is -0.126. The van der Waals surface area contributed by atoms with Gasteiger partial charge in [0.05, 0.1) is 13.2 Å². The molecule has 1 fully saturated rings. The molecule has 31 heavy (non-hydrogen) atoms. The molecule has 5 nitrogen and oxygen atoms in total. The lowest BCUT2D eigenvalue weighted by atomic mass is 9.95. The third-order valence-corrected chi connectivity index (χ3v) is 5.66. The van der Waals surface area contributed by atoms with E-state index in [1.165, 1.54) is 6.07 Å². The molecule has 1 saturated heterocycles. The van der Waals surface area contributed by atoms with Crippen LogP contribution in [0.5, 0.6) is 11.5 Å². The van der Waals surface area contributed by atoms with Crippen molar-refractivity contribution < 1.29 is 18.7 Å². The molecule has 1 aliphatic rings. The highest BCUT2D eigenvalue weighted by Gasteiger charge is 2.25. The molecule has 0 aromatic heterocycles. The Balaban J connectivity index is 1.48. The predicted molar refractivity (Wildman–Crippen MR) is 120 cm³/mol.